The zero-order valence-corrected chi connectivity index (χ0v) is 19.5. The number of aromatic nitrogens is 3. The molecular formula is C25H18F5N3O2S. The summed E-state index contributed by atoms with van der Waals surface area (Å²) in [6.45, 7) is 1.79. The third-order valence-corrected chi connectivity index (χ3v) is 6.46. The Morgan fingerprint density at radius 3 is 2.39 bits per heavy atom. The van der Waals surface area contributed by atoms with Crippen molar-refractivity contribution in [2.75, 3.05) is 0 Å². The van der Waals surface area contributed by atoms with E-state index in [1.165, 1.54) is 12.1 Å². The van der Waals surface area contributed by atoms with Gasteiger partial charge >= 0.3 is 6.18 Å². The number of ether oxygens (including phenoxy) is 2. The maximum absolute atomic E-state index is 14.4. The van der Waals surface area contributed by atoms with Crippen LogP contribution in [0.5, 0.6) is 11.5 Å². The Kier molecular flexibility index (Phi) is 6.33. The Morgan fingerprint density at radius 2 is 1.67 bits per heavy atom. The number of nitrogens with zero attached hydrogens (tertiary/aromatic N) is 3. The van der Waals surface area contributed by atoms with Gasteiger partial charge in [0.1, 0.15) is 17.5 Å². The lowest BCUT2D eigenvalue weighted by Gasteiger charge is -2.12. The minimum atomic E-state index is -4.63. The second kappa shape index (κ2) is 9.45. The van der Waals surface area contributed by atoms with Gasteiger partial charge in [-0.25, -0.2) is 8.78 Å². The van der Waals surface area contributed by atoms with E-state index in [1.54, 1.807) is 29.7 Å². The molecule has 11 heteroatoms. The average Bonchev–Trinajstić information content (AvgIpc) is 3.40. The highest BCUT2D eigenvalue weighted by atomic mass is 32.2. The molecule has 0 amide bonds. The molecule has 1 aliphatic heterocycles. The normalized spacial score (nSPS) is 14.9. The number of alkyl halides is 3. The van der Waals surface area contributed by atoms with E-state index in [1.807, 2.05) is 12.1 Å². The third-order valence-electron chi connectivity index (χ3n) is 5.48. The van der Waals surface area contributed by atoms with Crippen LogP contribution in [0.25, 0.3) is 5.69 Å². The minimum absolute atomic E-state index is 0.0191. The molecule has 0 bridgehead atoms. The van der Waals surface area contributed by atoms with Crippen molar-refractivity contribution in [3.8, 4) is 17.2 Å². The Morgan fingerprint density at radius 1 is 0.917 bits per heavy atom. The molecule has 0 radical (unpaired) electrons. The van der Waals surface area contributed by atoms with E-state index in [0.717, 1.165) is 29.5 Å². The van der Waals surface area contributed by atoms with Crippen LogP contribution in [-0.4, -0.2) is 21.1 Å². The van der Waals surface area contributed by atoms with E-state index in [2.05, 4.69) is 10.2 Å². The zero-order valence-electron chi connectivity index (χ0n) is 18.7. The van der Waals surface area contributed by atoms with E-state index < -0.39 is 23.4 Å². The van der Waals surface area contributed by atoms with Crippen molar-refractivity contribution in [3.05, 3.63) is 94.8 Å². The van der Waals surface area contributed by atoms with Gasteiger partial charge in [-0.1, -0.05) is 23.9 Å². The van der Waals surface area contributed by atoms with Gasteiger partial charge in [0.2, 0.25) is 6.29 Å². The quantitative estimate of drug-likeness (QED) is 0.213. The molecule has 186 valence electrons. The van der Waals surface area contributed by atoms with Crippen LogP contribution in [0.3, 0.4) is 0 Å². The molecule has 0 aliphatic carbocycles. The molecule has 2 heterocycles. The molecule has 1 aromatic heterocycles. The Hall–Kier alpha value is -3.60. The smallest absolute Gasteiger partial charge is 0.416 e. The third kappa shape index (κ3) is 5.01. The summed E-state index contributed by atoms with van der Waals surface area (Å²) in [6.07, 6.45) is -4.66. The predicted octanol–water partition coefficient (Wildman–Crippen LogP) is 6.56. The van der Waals surface area contributed by atoms with Gasteiger partial charge in [0.05, 0.1) is 5.56 Å². The van der Waals surface area contributed by atoms with Gasteiger partial charge in [-0.05, 0) is 59.7 Å². The van der Waals surface area contributed by atoms with Crippen LogP contribution in [0.2, 0.25) is 0 Å². The number of fused-ring (bicyclic) bond motifs is 1. The molecule has 36 heavy (non-hydrogen) atoms. The monoisotopic (exact) mass is 519 g/mol. The first kappa shape index (κ1) is 24.1. The van der Waals surface area contributed by atoms with Crippen LogP contribution in [0.15, 0.2) is 65.8 Å². The average molecular weight is 519 g/mol. The summed E-state index contributed by atoms with van der Waals surface area (Å²) in [4.78, 5) is 0. The van der Waals surface area contributed by atoms with Crippen LogP contribution in [0.1, 0.15) is 29.4 Å². The van der Waals surface area contributed by atoms with Crippen molar-refractivity contribution < 1.29 is 31.4 Å². The summed E-state index contributed by atoms with van der Waals surface area (Å²) < 4.78 is 79.4. The van der Waals surface area contributed by atoms with Crippen LogP contribution < -0.4 is 9.47 Å². The Balaban J connectivity index is 1.43. The van der Waals surface area contributed by atoms with Gasteiger partial charge in [-0.15, -0.1) is 10.2 Å². The first-order valence-corrected chi connectivity index (χ1v) is 11.8. The molecule has 0 saturated heterocycles. The highest BCUT2D eigenvalue weighted by molar-refractivity contribution is 7.98. The maximum atomic E-state index is 14.4. The Bertz CT molecular complexity index is 1410. The summed E-state index contributed by atoms with van der Waals surface area (Å²) in [7, 11) is 0. The van der Waals surface area contributed by atoms with Crippen LogP contribution in [-0.2, 0) is 18.3 Å². The topological polar surface area (TPSA) is 49.2 Å². The first-order chi connectivity index (χ1) is 17.2. The van der Waals surface area contributed by atoms with E-state index in [9.17, 15) is 22.0 Å². The van der Waals surface area contributed by atoms with Crippen molar-refractivity contribution in [2.24, 2.45) is 0 Å². The lowest BCUT2D eigenvalue weighted by atomic mass is 10.1. The number of benzene rings is 3. The molecule has 1 aliphatic rings. The van der Waals surface area contributed by atoms with Crippen LogP contribution in [0, 0.1) is 11.6 Å². The van der Waals surface area contributed by atoms with Gasteiger partial charge in [0, 0.05) is 24.8 Å². The zero-order chi connectivity index (χ0) is 25.4. The number of thioether (sulfide) groups is 1. The molecule has 5 nitrogen and oxygen atoms in total. The molecule has 0 spiro atoms. The molecule has 5 rings (SSSR count). The number of rotatable bonds is 6. The van der Waals surface area contributed by atoms with Gasteiger partial charge < -0.3 is 9.47 Å². The maximum Gasteiger partial charge on any atom is 0.416 e. The molecular weight excluding hydrogens is 501 g/mol. The summed E-state index contributed by atoms with van der Waals surface area (Å²) in [5, 5.41) is 8.88. The van der Waals surface area contributed by atoms with Gasteiger partial charge in [-0.2, -0.15) is 13.2 Å². The lowest BCUT2D eigenvalue weighted by molar-refractivity contribution is -0.137. The van der Waals surface area contributed by atoms with Crippen molar-refractivity contribution in [1.29, 1.82) is 0 Å². The van der Waals surface area contributed by atoms with E-state index in [0.29, 0.717) is 40.7 Å². The predicted molar refractivity (Wildman–Crippen MR) is 122 cm³/mol. The van der Waals surface area contributed by atoms with Crippen LogP contribution >= 0.6 is 11.8 Å². The SMILES string of the molecule is CC1Oc2ccc(Cc3nnc(SCc4ccc(C(F)(F)F)cc4F)n3-c3ccc(F)cc3)cc2O1. The van der Waals surface area contributed by atoms with E-state index in [4.69, 9.17) is 9.47 Å². The van der Waals surface area contributed by atoms with Crippen molar-refractivity contribution in [2.45, 2.75) is 36.7 Å². The van der Waals surface area contributed by atoms with E-state index >= 15 is 0 Å². The fraction of sp³-hybridized carbons (Fsp3) is 0.200. The standard InChI is InChI=1S/C25H18F5N3O2S/c1-14-34-21-9-2-15(10-22(21)35-14)11-23-31-32-24(33(23)19-7-5-18(26)6-8-19)36-13-16-3-4-17(12-20(16)27)25(28,29)30/h2-10,12,14H,11,13H2,1H3. The number of halogens is 5. The van der Waals surface area contributed by atoms with Gasteiger partial charge in [0.15, 0.2) is 16.7 Å². The van der Waals surface area contributed by atoms with Gasteiger partial charge in [-0.3, -0.25) is 4.57 Å². The summed E-state index contributed by atoms with van der Waals surface area (Å²) >= 11 is 1.11. The number of hydrogen-bond acceptors (Lipinski definition) is 5. The lowest BCUT2D eigenvalue weighted by Crippen LogP contribution is -2.11. The second-order valence-corrected chi connectivity index (χ2v) is 9.01. The molecule has 0 saturated carbocycles. The fourth-order valence-corrected chi connectivity index (χ4v) is 4.71. The molecule has 1 atom stereocenters. The highest BCUT2D eigenvalue weighted by Gasteiger charge is 2.31. The van der Waals surface area contributed by atoms with Crippen molar-refractivity contribution in [3.63, 3.8) is 0 Å². The molecule has 0 N–H and O–H groups in total. The van der Waals surface area contributed by atoms with Crippen LogP contribution in [0.4, 0.5) is 22.0 Å². The van der Waals surface area contributed by atoms with Crippen molar-refractivity contribution in [1.82, 2.24) is 14.8 Å². The van der Waals surface area contributed by atoms with Crippen molar-refractivity contribution >= 4 is 11.8 Å². The second-order valence-electron chi connectivity index (χ2n) is 8.06. The van der Waals surface area contributed by atoms with E-state index in [-0.39, 0.29) is 17.6 Å². The first-order valence-electron chi connectivity index (χ1n) is 10.8. The molecule has 1 unspecified atom stereocenters. The molecule has 4 aromatic rings. The summed E-state index contributed by atoms with van der Waals surface area (Å²) in [6, 6.07) is 13.7. The minimum Gasteiger partial charge on any atom is -0.451 e. The highest BCUT2D eigenvalue weighted by Crippen LogP contribution is 2.36. The number of hydrogen-bond donors (Lipinski definition) is 0. The molecule has 3 aromatic carbocycles. The Labute approximate surface area is 206 Å². The fourth-order valence-electron chi connectivity index (χ4n) is 3.76. The largest absolute Gasteiger partial charge is 0.451 e. The molecule has 0 fully saturated rings. The van der Waals surface area contributed by atoms with Gasteiger partial charge in [0.25, 0.3) is 0 Å². The summed E-state index contributed by atoms with van der Waals surface area (Å²) in [5.41, 5.74) is 0.491. The summed E-state index contributed by atoms with van der Waals surface area (Å²) in [5.74, 6) is 0.426.